The minimum Gasteiger partial charge on any atom is -0.429 e. The van der Waals surface area contributed by atoms with E-state index in [4.69, 9.17) is 53.0 Å². The summed E-state index contributed by atoms with van der Waals surface area (Å²) >= 11 is 12.7. The van der Waals surface area contributed by atoms with Crippen molar-refractivity contribution in [1.82, 2.24) is 30.4 Å². The first-order chi connectivity index (χ1) is 28.0. The van der Waals surface area contributed by atoms with Crippen LogP contribution in [0.2, 0.25) is 10.0 Å². The van der Waals surface area contributed by atoms with Gasteiger partial charge >= 0.3 is 0 Å². The van der Waals surface area contributed by atoms with Crippen molar-refractivity contribution in [3.05, 3.63) is 93.6 Å². The first-order valence-electron chi connectivity index (χ1n) is 18.7. The molecule has 2 saturated heterocycles. The van der Waals surface area contributed by atoms with Gasteiger partial charge in [0.2, 0.25) is 0 Å². The molecule has 0 radical (unpaired) electrons. The highest BCUT2D eigenvalue weighted by Gasteiger charge is 2.19. The van der Waals surface area contributed by atoms with E-state index in [1.54, 1.807) is 48.5 Å². The second kappa shape index (κ2) is 18.1. The van der Waals surface area contributed by atoms with E-state index in [1.165, 1.54) is 39.8 Å². The van der Waals surface area contributed by atoms with Crippen molar-refractivity contribution in [2.75, 3.05) is 40.3 Å². The van der Waals surface area contributed by atoms with Gasteiger partial charge in [-0.3, -0.25) is 40.0 Å². The molecule has 0 spiro atoms. The van der Waals surface area contributed by atoms with Gasteiger partial charge in [0.15, 0.2) is 17.7 Å². The molecule has 2 amide bonds. The lowest BCUT2D eigenvalue weighted by atomic mass is 10.2. The van der Waals surface area contributed by atoms with Gasteiger partial charge < -0.3 is 39.7 Å². The first kappa shape index (κ1) is 40.3. The van der Waals surface area contributed by atoms with Crippen LogP contribution in [0, 0.1) is 0 Å². The number of nitrogens with one attached hydrogen (secondary N) is 4. The number of likely N-dealkylation sites (tertiary alicyclic amines) is 2. The van der Waals surface area contributed by atoms with E-state index in [0.717, 1.165) is 50.8 Å². The monoisotopic (exact) mass is 830 g/mol. The number of furan rings is 2. The Morgan fingerprint density at radius 2 is 1.24 bits per heavy atom. The third kappa shape index (κ3) is 9.77. The van der Waals surface area contributed by atoms with E-state index < -0.39 is 11.8 Å². The number of benzene rings is 2. The molecule has 18 heteroatoms. The smallest absolute Gasteiger partial charge is 0.290 e. The number of ether oxygens (including phenoxy) is 2. The van der Waals surface area contributed by atoms with Gasteiger partial charge in [0.05, 0.1) is 34.2 Å². The van der Waals surface area contributed by atoms with Crippen molar-refractivity contribution in [2.24, 2.45) is 21.5 Å². The molecule has 8 rings (SSSR count). The van der Waals surface area contributed by atoms with Crippen molar-refractivity contribution in [3.63, 3.8) is 0 Å². The number of aromatic nitrogens is 2. The number of H-pyrrole nitrogens is 2. The van der Waals surface area contributed by atoms with Gasteiger partial charge in [-0.1, -0.05) is 23.2 Å². The molecule has 0 bridgehead atoms. The number of nitrogens with two attached hydrogens (primary N) is 2. The average molecular weight is 832 g/mol. The van der Waals surface area contributed by atoms with Crippen molar-refractivity contribution >= 4 is 68.7 Å². The summed E-state index contributed by atoms with van der Waals surface area (Å²) in [6.07, 6.45) is 4.92. The van der Waals surface area contributed by atoms with E-state index in [1.807, 2.05) is 12.1 Å². The number of hydrogen-bond acceptors (Lipinski definition) is 10. The maximum absolute atomic E-state index is 12.3. The van der Waals surface area contributed by atoms with Crippen molar-refractivity contribution in [3.8, 4) is 23.4 Å². The van der Waals surface area contributed by atoms with Crippen LogP contribution in [0.15, 0.2) is 79.5 Å². The molecular formula is C40H44Cl2N10O6. The molecule has 2 fully saturated rings. The Morgan fingerprint density at radius 3 is 1.81 bits per heavy atom. The van der Waals surface area contributed by atoms with Gasteiger partial charge in [-0.2, -0.15) is 0 Å². The number of aromatic amines is 2. The Hall–Kier alpha value is -5.94. The molecule has 16 nitrogen and oxygen atoms in total. The maximum Gasteiger partial charge on any atom is 0.290 e. The van der Waals surface area contributed by atoms with Crippen LogP contribution in [0.25, 0.3) is 21.8 Å². The summed E-state index contributed by atoms with van der Waals surface area (Å²) in [5.74, 6) is 2.74. The van der Waals surface area contributed by atoms with Gasteiger partial charge in [0.25, 0.3) is 23.7 Å². The van der Waals surface area contributed by atoms with Crippen LogP contribution in [0.4, 0.5) is 0 Å². The Bertz CT molecular complexity index is 2470. The van der Waals surface area contributed by atoms with E-state index in [2.05, 4.69) is 40.4 Å². The third-order valence-electron chi connectivity index (χ3n) is 9.68. The summed E-state index contributed by atoms with van der Waals surface area (Å²) in [7, 11) is 2.98. The molecule has 2 aliphatic heterocycles. The molecular weight excluding hydrogens is 787 g/mol. The van der Waals surface area contributed by atoms with Crippen LogP contribution < -0.4 is 31.6 Å². The summed E-state index contributed by atoms with van der Waals surface area (Å²) in [5.41, 5.74) is 13.0. The lowest BCUT2D eigenvalue weighted by Gasteiger charge is -2.11. The predicted octanol–water partition coefficient (Wildman–Crippen LogP) is 6.95. The number of aliphatic imine (C=N–C) groups is 2. The molecule has 8 N–H and O–H groups in total. The van der Waals surface area contributed by atoms with Gasteiger partial charge in [-0.15, -0.1) is 0 Å². The van der Waals surface area contributed by atoms with Gasteiger partial charge in [-0.05, 0) is 88.3 Å². The molecule has 2 aromatic carbocycles. The number of carbonyl (C=O) groups is 2. The van der Waals surface area contributed by atoms with Crippen molar-refractivity contribution < 1.29 is 27.9 Å². The van der Waals surface area contributed by atoms with Crippen molar-refractivity contribution in [2.45, 2.75) is 38.8 Å². The zero-order chi connectivity index (χ0) is 40.8. The Balaban J connectivity index is 0.000000177. The molecule has 0 saturated carbocycles. The predicted molar refractivity (Wildman–Crippen MR) is 223 cm³/mol. The zero-order valence-corrected chi connectivity index (χ0v) is 33.5. The minimum absolute atomic E-state index is 0.0253. The number of amides is 2. The number of guanidine groups is 2. The molecule has 0 unspecified atom stereocenters. The van der Waals surface area contributed by atoms with Crippen LogP contribution in [-0.4, -0.2) is 83.8 Å². The largest absolute Gasteiger partial charge is 0.429 e. The SMILES string of the molecule is CN=C(N)NC(=O)c1cc2c(Cl)cc(Oc3ccc(CN4CCCC4)o3)cc2[nH]1.CN=C(N)NC(=O)c1cc2c(Cl)ccc(Oc3ccc(CN4CCCC4)o3)c2[nH]1. The van der Waals surface area contributed by atoms with Crippen LogP contribution in [0.3, 0.4) is 0 Å². The molecule has 304 valence electrons. The van der Waals surface area contributed by atoms with Crippen LogP contribution >= 0.6 is 23.2 Å². The fourth-order valence-corrected chi connectivity index (χ4v) is 7.21. The summed E-state index contributed by atoms with van der Waals surface area (Å²) < 4.78 is 23.4. The molecule has 0 aliphatic carbocycles. The number of halogens is 2. The average Bonchev–Trinajstić information content (AvgIpc) is 4.06. The lowest BCUT2D eigenvalue weighted by Crippen LogP contribution is -2.36. The number of hydrogen-bond donors (Lipinski definition) is 6. The van der Waals surface area contributed by atoms with Crippen LogP contribution in [0.1, 0.15) is 58.2 Å². The highest BCUT2D eigenvalue weighted by molar-refractivity contribution is 6.36. The van der Waals surface area contributed by atoms with Gasteiger partial charge in [0, 0.05) is 49.1 Å². The Labute approximate surface area is 343 Å². The number of carbonyl (C=O) groups excluding carboxylic acids is 2. The summed E-state index contributed by atoms with van der Waals surface area (Å²) in [5, 5.41) is 7.26. The van der Waals surface area contributed by atoms with E-state index in [-0.39, 0.29) is 11.9 Å². The third-order valence-corrected chi connectivity index (χ3v) is 10.3. The molecule has 6 aromatic rings. The molecule has 4 aromatic heterocycles. The van der Waals surface area contributed by atoms with E-state index in [9.17, 15) is 9.59 Å². The van der Waals surface area contributed by atoms with E-state index in [0.29, 0.717) is 66.6 Å². The number of rotatable bonds is 10. The molecule has 6 heterocycles. The number of fused-ring (bicyclic) bond motifs is 2. The maximum atomic E-state index is 12.3. The first-order valence-corrected chi connectivity index (χ1v) is 19.5. The molecule has 2 aliphatic rings. The summed E-state index contributed by atoms with van der Waals surface area (Å²) in [6.45, 7) is 5.93. The highest BCUT2D eigenvalue weighted by atomic mass is 35.5. The summed E-state index contributed by atoms with van der Waals surface area (Å²) in [4.78, 5) is 42.7. The second-order valence-corrected chi connectivity index (χ2v) is 14.6. The summed E-state index contributed by atoms with van der Waals surface area (Å²) in [6, 6.07) is 17.6. The standard InChI is InChI=1S/2C20H22ClN5O3/c1-23-20(22)25-19(27)15-10-13-14(21)5-6-16(18(13)24-15)29-17-7-4-12(28-17)11-26-8-2-3-9-26;1-23-20(22)25-19(27)17-10-14-15(21)8-13(9-16(14)24-17)29-18-5-4-12(28-18)11-26-6-2-3-7-26/h4-7,10,24H,2-3,8-9,11H2,1H3,(H3,22,23,25,27);4-5,8-10,24H,2-3,6-7,11H2,1H3,(H3,22,23,25,27). The molecule has 58 heavy (non-hydrogen) atoms. The normalized spacial score (nSPS) is 15.2. The fourth-order valence-electron chi connectivity index (χ4n) is 6.74. The number of nitrogens with zero attached hydrogens (tertiary/aromatic N) is 4. The second-order valence-electron chi connectivity index (χ2n) is 13.8. The fraction of sp³-hybridized carbons (Fsp3) is 0.300. The van der Waals surface area contributed by atoms with Crippen molar-refractivity contribution in [1.29, 1.82) is 0 Å². The minimum atomic E-state index is -0.419. The quantitative estimate of drug-likeness (QED) is 0.0616. The topological polar surface area (TPSA) is 218 Å². The van der Waals surface area contributed by atoms with E-state index >= 15 is 0 Å². The van der Waals surface area contributed by atoms with Gasteiger partial charge in [-0.25, -0.2) is 0 Å². The molecule has 0 atom stereocenters. The van der Waals surface area contributed by atoms with Gasteiger partial charge in [0.1, 0.15) is 28.7 Å². The zero-order valence-electron chi connectivity index (χ0n) is 32.0. The Kier molecular flexibility index (Phi) is 12.6. The van der Waals surface area contributed by atoms with Crippen LogP contribution in [0.5, 0.6) is 23.4 Å². The lowest BCUT2D eigenvalue weighted by molar-refractivity contribution is 0.0964. The highest BCUT2D eigenvalue weighted by Crippen LogP contribution is 2.36. The van der Waals surface area contributed by atoms with Crippen LogP contribution in [-0.2, 0) is 13.1 Å². The Morgan fingerprint density at radius 1 is 0.707 bits per heavy atom.